The molecule has 0 saturated heterocycles. The van der Waals surface area contributed by atoms with Gasteiger partial charge in [0, 0.05) is 0 Å². The molecular formula is C13H13NO3. The van der Waals surface area contributed by atoms with Gasteiger partial charge in [-0.1, -0.05) is 36.4 Å². The molecule has 0 aliphatic heterocycles. The molecule has 4 heteroatoms. The quantitative estimate of drug-likeness (QED) is 0.727. The van der Waals surface area contributed by atoms with Gasteiger partial charge in [0.25, 0.3) is 0 Å². The molecule has 0 radical (unpaired) electrons. The van der Waals surface area contributed by atoms with Gasteiger partial charge in [-0.3, -0.25) is 4.79 Å². The van der Waals surface area contributed by atoms with Crippen LogP contribution in [-0.4, -0.2) is 22.2 Å². The van der Waals surface area contributed by atoms with Crippen LogP contribution in [-0.2, 0) is 4.79 Å². The van der Waals surface area contributed by atoms with Crippen molar-refractivity contribution in [3.05, 3.63) is 48.0 Å². The number of primary amides is 1. The normalized spacial score (nSPS) is 14.5. The lowest BCUT2D eigenvalue weighted by Crippen LogP contribution is -2.33. The van der Waals surface area contributed by atoms with Crippen molar-refractivity contribution in [1.82, 2.24) is 0 Å². The molecule has 0 saturated carbocycles. The molecule has 0 spiro atoms. The maximum absolute atomic E-state index is 10.8. The fourth-order valence-electron chi connectivity index (χ4n) is 1.73. The molecule has 0 aliphatic carbocycles. The molecule has 0 fully saturated rings. The zero-order chi connectivity index (χ0) is 12.4. The molecule has 4 nitrogen and oxygen atoms in total. The smallest absolute Gasteiger partial charge is 0.249 e. The Balaban J connectivity index is 2.39. The molecule has 2 rings (SSSR count). The maximum Gasteiger partial charge on any atom is 0.249 e. The highest BCUT2D eigenvalue weighted by Crippen LogP contribution is 2.22. The lowest BCUT2D eigenvalue weighted by molar-refractivity contribution is -0.131. The Hall–Kier alpha value is -1.91. The van der Waals surface area contributed by atoms with Gasteiger partial charge in [-0.2, -0.15) is 0 Å². The van der Waals surface area contributed by atoms with E-state index in [1.165, 1.54) is 0 Å². The highest BCUT2D eigenvalue weighted by molar-refractivity contribution is 5.84. The van der Waals surface area contributed by atoms with Gasteiger partial charge in [0.2, 0.25) is 5.91 Å². The van der Waals surface area contributed by atoms with Gasteiger partial charge >= 0.3 is 0 Å². The average Bonchev–Trinajstić information content (AvgIpc) is 2.36. The standard InChI is InChI=1S/C13H13NO3/c14-13(17)12(16)11(15)10-6-5-8-3-1-2-4-9(8)7-10/h1-7,11-12,15-16H,(H2,14,17). The minimum atomic E-state index is -1.59. The van der Waals surface area contributed by atoms with Crippen molar-refractivity contribution in [2.24, 2.45) is 5.73 Å². The van der Waals surface area contributed by atoms with Gasteiger partial charge in [-0.25, -0.2) is 0 Å². The fourth-order valence-corrected chi connectivity index (χ4v) is 1.73. The van der Waals surface area contributed by atoms with E-state index in [0.29, 0.717) is 5.56 Å². The molecule has 2 atom stereocenters. The Kier molecular flexibility index (Phi) is 3.08. The largest absolute Gasteiger partial charge is 0.385 e. The number of hydrogen-bond donors (Lipinski definition) is 3. The number of fused-ring (bicyclic) bond motifs is 1. The summed E-state index contributed by atoms with van der Waals surface area (Å²) in [5, 5.41) is 21.1. The summed E-state index contributed by atoms with van der Waals surface area (Å²) < 4.78 is 0. The number of aliphatic hydroxyl groups is 2. The van der Waals surface area contributed by atoms with Crippen molar-refractivity contribution in [3.63, 3.8) is 0 Å². The molecule has 1 amide bonds. The number of carbonyl (C=O) groups excluding carboxylic acids is 1. The number of carbonyl (C=O) groups is 1. The zero-order valence-electron chi connectivity index (χ0n) is 9.08. The predicted octanol–water partition coefficient (Wildman–Crippen LogP) is 0.719. The lowest BCUT2D eigenvalue weighted by Gasteiger charge is -2.15. The third-order valence-corrected chi connectivity index (χ3v) is 2.71. The molecule has 2 aromatic rings. The Bertz CT molecular complexity index is 553. The van der Waals surface area contributed by atoms with Crippen molar-refractivity contribution < 1.29 is 15.0 Å². The molecular weight excluding hydrogens is 218 g/mol. The molecule has 88 valence electrons. The van der Waals surface area contributed by atoms with Gasteiger partial charge in [-0.05, 0) is 22.4 Å². The highest BCUT2D eigenvalue weighted by Gasteiger charge is 2.23. The van der Waals surface area contributed by atoms with Gasteiger partial charge in [0.1, 0.15) is 6.10 Å². The summed E-state index contributed by atoms with van der Waals surface area (Å²) in [5.41, 5.74) is 5.41. The van der Waals surface area contributed by atoms with Crippen molar-refractivity contribution >= 4 is 16.7 Å². The van der Waals surface area contributed by atoms with E-state index in [9.17, 15) is 15.0 Å². The average molecular weight is 231 g/mol. The highest BCUT2D eigenvalue weighted by atomic mass is 16.3. The first kappa shape index (κ1) is 11.6. The van der Waals surface area contributed by atoms with Crippen LogP contribution >= 0.6 is 0 Å². The summed E-state index contributed by atoms with van der Waals surface area (Å²) in [6, 6.07) is 12.8. The molecule has 0 heterocycles. The first-order valence-electron chi connectivity index (χ1n) is 5.24. The summed E-state index contributed by atoms with van der Waals surface area (Å²) >= 11 is 0. The van der Waals surface area contributed by atoms with E-state index in [1.54, 1.807) is 12.1 Å². The predicted molar refractivity (Wildman–Crippen MR) is 64.1 cm³/mol. The van der Waals surface area contributed by atoms with Gasteiger partial charge in [-0.15, -0.1) is 0 Å². The van der Waals surface area contributed by atoms with Crippen molar-refractivity contribution in [2.45, 2.75) is 12.2 Å². The minimum Gasteiger partial charge on any atom is -0.385 e. The van der Waals surface area contributed by atoms with Crippen LogP contribution in [0.5, 0.6) is 0 Å². The van der Waals surface area contributed by atoms with Crippen LogP contribution in [0, 0.1) is 0 Å². The van der Waals surface area contributed by atoms with E-state index in [0.717, 1.165) is 10.8 Å². The molecule has 0 aromatic heterocycles. The van der Waals surface area contributed by atoms with Crippen molar-refractivity contribution in [2.75, 3.05) is 0 Å². The number of benzene rings is 2. The van der Waals surface area contributed by atoms with Crippen LogP contribution in [0.1, 0.15) is 11.7 Å². The lowest BCUT2D eigenvalue weighted by atomic mass is 10.0. The molecule has 2 aromatic carbocycles. The van der Waals surface area contributed by atoms with Crippen molar-refractivity contribution in [1.29, 1.82) is 0 Å². The van der Waals surface area contributed by atoms with Gasteiger partial charge < -0.3 is 15.9 Å². The molecule has 0 aliphatic rings. The molecule has 17 heavy (non-hydrogen) atoms. The van der Waals surface area contributed by atoms with Crippen LogP contribution < -0.4 is 5.73 Å². The number of amides is 1. The fraction of sp³-hybridized carbons (Fsp3) is 0.154. The van der Waals surface area contributed by atoms with Crippen LogP contribution in [0.4, 0.5) is 0 Å². The third-order valence-electron chi connectivity index (χ3n) is 2.71. The number of aliphatic hydroxyl groups excluding tert-OH is 2. The minimum absolute atomic E-state index is 0.468. The second-order valence-corrected chi connectivity index (χ2v) is 3.90. The SMILES string of the molecule is NC(=O)C(O)C(O)c1ccc2ccccc2c1. The summed E-state index contributed by atoms with van der Waals surface area (Å²) in [5.74, 6) is -0.939. The van der Waals surface area contributed by atoms with Crippen molar-refractivity contribution in [3.8, 4) is 0 Å². The monoisotopic (exact) mass is 231 g/mol. The topological polar surface area (TPSA) is 83.6 Å². The second kappa shape index (κ2) is 4.53. The van der Waals surface area contributed by atoms with Crippen LogP contribution in [0.15, 0.2) is 42.5 Å². The van der Waals surface area contributed by atoms with E-state index < -0.39 is 18.1 Å². The van der Waals surface area contributed by atoms with Crippen LogP contribution in [0.25, 0.3) is 10.8 Å². The summed E-state index contributed by atoms with van der Waals surface area (Å²) in [4.78, 5) is 10.8. The summed E-state index contributed by atoms with van der Waals surface area (Å²) in [6.45, 7) is 0. The molecule has 2 unspecified atom stereocenters. The van der Waals surface area contributed by atoms with Gasteiger partial charge in [0.05, 0.1) is 0 Å². The van der Waals surface area contributed by atoms with Crippen LogP contribution in [0.2, 0.25) is 0 Å². The van der Waals surface area contributed by atoms with E-state index in [2.05, 4.69) is 0 Å². The maximum atomic E-state index is 10.8. The van der Waals surface area contributed by atoms with E-state index in [4.69, 9.17) is 5.73 Å². The first-order valence-corrected chi connectivity index (χ1v) is 5.24. The van der Waals surface area contributed by atoms with E-state index >= 15 is 0 Å². The Morgan fingerprint density at radius 1 is 1.06 bits per heavy atom. The van der Waals surface area contributed by atoms with Gasteiger partial charge in [0.15, 0.2) is 6.10 Å². The van der Waals surface area contributed by atoms with Crippen LogP contribution in [0.3, 0.4) is 0 Å². The Morgan fingerprint density at radius 3 is 2.35 bits per heavy atom. The molecule has 0 bridgehead atoms. The Morgan fingerprint density at radius 2 is 1.71 bits per heavy atom. The number of nitrogens with two attached hydrogens (primary N) is 1. The third kappa shape index (κ3) is 2.27. The first-order chi connectivity index (χ1) is 8.09. The molecule has 4 N–H and O–H groups in total. The zero-order valence-corrected chi connectivity index (χ0v) is 9.08. The second-order valence-electron chi connectivity index (χ2n) is 3.90. The number of hydrogen-bond acceptors (Lipinski definition) is 3. The summed E-state index contributed by atoms with van der Waals surface area (Å²) in [7, 11) is 0. The number of rotatable bonds is 3. The van der Waals surface area contributed by atoms with E-state index in [1.807, 2.05) is 30.3 Å². The Labute approximate surface area is 98.3 Å². The van der Waals surface area contributed by atoms with E-state index in [-0.39, 0.29) is 0 Å². The summed E-state index contributed by atoms with van der Waals surface area (Å²) in [6.07, 6.45) is -2.88.